The number of hydrogen-bond acceptors (Lipinski definition) is 3. The lowest BCUT2D eigenvalue weighted by Crippen LogP contribution is -1.94. The molecule has 2 rings (SSSR count). The molecule has 4 nitrogen and oxygen atoms in total. The molecule has 0 amide bonds. The van der Waals surface area contributed by atoms with E-state index >= 15 is 0 Å². The second-order valence-electron chi connectivity index (χ2n) is 2.91. The van der Waals surface area contributed by atoms with Crippen molar-refractivity contribution in [2.24, 2.45) is 0 Å². The molecular weight excluding hydrogens is 197 g/mol. The van der Waals surface area contributed by atoms with E-state index in [1.54, 1.807) is 24.5 Å². The summed E-state index contributed by atoms with van der Waals surface area (Å²) in [5.41, 5.74) is 0.614. The van der Waals surface area contributed by atoms with Crippen LogP contribution in [-0.2, 0) is 0 Å². The Morgan fingerprint density at radius 3 is 2.93 bits per heavy atom. The molecular formula is C10H10FN3O. The Bertz CT molecular complexity index is 442. The van der Waals surface area contributed by atoms with E-state index in [0.717, 1.165) is 0 Å². The molecule has 0 atom stereocenters. The number of ether oxygens (including phenoxy) is 1. The van der Waals surface area contributed by atoms with Gasteiger partial charge in [-0.05, 0) is 12.1 Å². The van der Waals surface area contributed by atoms with Crippen molar-refractivity contribution >= 4 is 11.6 Å². The van der Waals surface area contributed by atoms with E-state index in [1.165, 1.54) is 13.2 Å². The normalized spacial score (nSPS) is 10.0. The average molecular weight is 207 g/mol. The van der Waals surface area contributed by atoms with Crippen LogP contribution in [0.25, 0.3) is 0 Å². The SMILES string of the molecule is COc1ccc(Nc2ncc[nH]2)cc1F. The highest BCUT2D eigenvalue weighted by Gasteiger charge is 2.03. The van der Waals surface area contributed by atoms with Crippen molar-refractivity contribution in [3.8, 4) is 5.75 Å². The highest BCUT2D eigenvalue weighted by molar-refractivity contribution is 5.54. The van der Waals surface area contributed by atoms with E-state index in [9.17, 15) is 4.39 Å². The molecule has 5 heteroatoms. The molecule has 0 radical (unpaired) electrons. The molecule has 78 valence electrons. The maximum absolute atomic E-state index is 13.3. The van der Waals surface area contributed by atoms with Gasteiger partial charge in [0.15, 0.2) is 11.6 Å². The zero-order valence-electron chi connectivity index (χ0n) is 8.12. The van der Waals surface area contributed by atoms with Gasteiger partial charge in [-0.2, -0.15) is 0 Å². The van der Waals surface area contributed by atoms with Crippen molar-refractivity contribution in [2.75, 3.05) is 12.4 Å². The van der Waals surface area contributed by atoms with Crippen LogP contribution in [0.5, 0.6) is 5.75 Å². The highest BCUT2D eigenvalue weighted by atomic mass is 19.1. The number of benzene rings is 1. The molecule has 2 aromatic rings. The smallest absolute Gasteiger partial charge is 0.204 e. The van der Waals surface area contributed by atoms with E-state index in [2.05, 4.69) is 15.3 Å². The summed E-state index contributed by atoms with van der Waals surface area (Å²) in [6.45, 7) is 0. The molecule has 0 spiro atoms. The van der Waals surface area contributed by atoms with Crippen LogP contribution in [0.3, 0.4) is 0 Å². The maximum atomic E-state index is 13.3. The van der Waals surface area contributed by atoms with E-state index in [1.807, 2.05) is 0 Å². The van der Waals surface area contributed by atoms with Crippen LogP contribution in [0.4, 0.5) is 16.0 Å². The fourth-order valence-electron chi connectivity index (χ4n) is 1.21. The monoisotopic (exact) mass is 207 g/mol. The minimum atomic E-state index is -0.408. The number of nitrogens with one attached hydrogen (secondary N) is 2. The number of anilines is 2. The highest BCUT2D eigenvalue weighted by Crippen LogP contribution is 2.21. The lowest BCUT2D eigenvalue weighted by molar-refractivity contribution is 0.386. The summed E-state index contributed by atoms with van der Waals surface area (Å²) in [6.07, 6.45) is 3.30. The number of hydrogen-bond donors (Lipinski definition) is 2. The number of methoxy groups -OCH3 is 1. The average Bonchev–Trinajstić information content (AvgIpc) is 2.71. The maximum Gasteiger partial charge on any atom is 0.204 e. The van der Waals surface area contributed by atoms with Crippen LogP contribution in [0.2, 0.25) is 0 Å². The van der Waals surface area contributed by atoms with E-state index in [-0.39, 0.29) is 5.75 Å². The van der Waals surface area contributed by atoms with Crippen LogP contribution in [0.15, 0.2) is 30.6 Å². The first-order valence-electron chi connectivity index (χ1n) is 4.39. The summed E-state index contributed by atoms with van der Waals surface area (Å²) in [6, 6.07) is 4.62. The molecule has 0 saturated heterocycles. The van der Waals surface area contributed by atoms with Gasteiger partial charge < -0.3 is 15.0 Å². The summed E-state index contributed by atoms with van der Waals surface area (Å²) in [5, 5.41) is 2.91. The second kappa shape index (κ2) is 4.00. The fraction of sp³-hybridized carbons (Fsp3) is 0.100. The molecule has 0 saturated carbocycles. The van der Waals surface area contributed by atoms with Crippen LogP contribution in [0.1, 0.15) is 0 Å². The Morgan fingerprint density at radius 1 is 1.47 bits per heavy atom. The van der Waals surface area contributed by atoms with Crippen molar-refractivity contribution in [2.45, 2.75) is 0 Å². The molecule has 1 aromatic heterocycles. The number of imidazole rings is 1. The summed E-state index contributed by atoms with van der Waals surface area (Å²) >= 11 is 0. The predicted molar refractivity (Wildman–Crippen MR) is 54.8 cm³/mol. The third-order valence-electron chi connectivity index (χ3n) is 1.91. The minimum Gasteiger partial charge on any atom is -0.494 e. The largest absolute Gasteiger partial charge is 0.494 e. The zero-order valence-corrected chi connectivity index (χ0v) is 8.12. The fourth-order valence-corrected chi connectivity index (χ4v) is 1.21. The van der Waals surface area contributed by atoms with Gasteiger partial charge in [0.05, 0.1) is 7.11 Å². The lowest BCUT2D eigenvalue weighted by atomic mass is 10.3. The van der Waals surface area contributed by atoms with Gasteiger partial charge in [0.2, 0.25) is 5.95 Å². The molecule has 15 heavy (non-hydrogen) atoms. The van der Waals surface area contributed by atoms with Gasteiger partial charge in [0.1, 0.15) is 0 Å². The molecule has 0 unspecified atom stereocenters. The van der Waals surface area contributed by atoms with Gasteiger partial charge in [0.25, 0.3) is 0 Å². The first-order chi connectivity index (χ1) is 7.29. The number of nitrogens with zero attached hydrogens (tertiary/aromatic N) is 1. The molecule has 0 aliphatic heterocycles. The number of aromatic amines is 1. The third kappa shape index (κ3) is 2.07. The lowest BCUT2D eigenvalue weighted by Gasteiger charge is -2.05. The summed E-state index contributed by atoms with van der Waals surface area (Å²) in [7, 11) is 1.43. The van der Waals surface area contributed by atoms with Gasteiger partial charge in [-0.3, -0.25) is 0 Å². The van der Waals surface area contributed by atoms with Crippen molar-refractivity contribution < 1.29 is 9.13 Å². The number of halogens is 1. The van der Waals surface area contributed by atoms with E-state index in [4.69, 9.17) is 4.74 Å². The van der Waals surface area contributed by atoms with Crippen molar-refractivity contribution in [1.29, 1.82) is 0 Å². The second-order valence-corrected chi connectivity index (χ2v) is 2.91. The Balaban J connectivity index is 2.20. The van der Waals surface area contributed by atoms with Crippen LogP contribution in [-0.4, -0.2) is 17.1 Å². The Morgan fingerprint density at radius 2 is 2.33 bits per heavy atom. The van der Waals surface area contributed by atoms with Crippen LogP contribution < -0.4 is 10.1 Å². The van der Waals surface area contributed by atoms with Gasteiger partial charge in [-0.25, -0.2) is 9.37 Å². The quantitative estimate of drug-likeness (QED) is 0.811. The predicted octanol–water partition coefficient (Wildman–Crippen LogP) is 2.30. The third-order valence-corrected chi connectivity index (χ3v) is 1.91. The number of rotatable bonds is 3. The zero-order chi connectivity index (χ0) is 10.7. The molecule has 0 fully saturated rings. The van der Waals surface area contributed by atoms with E-state index < -0.39 is 5.82 Å². The van der Waals surface area contributed by atoms with Crippen LogP contribution in [0, 0.1) is 5.82 Å². The molecule has 0 bridgehead atoms. The molecule has 1 aromatic carbocycles. The number of H-pyrrole nitrogens is 1. The van der Waals surface area contributed by atoms with Crippen molar-refractivity contribution in [3.63, 3.8) is 0 Å². The summed E-state index contributed by atoms with van der Waals surface area (Å²) in [4.78, 5) is 6.82. The summed E-state index contributed by atoms with van der Waals surface area (Å²) in [5.74, 6) is 0.383. The first kappa shape index (κ1) is 9.51. The topological polar surface area (TPSA) is 49.9 Å². The minimum absolute atomic E-state index is 0.222. The molecule has 2 N–H and O–H groups in total. The standard InChI is InChI=1S/C10H10FN3O/c1-15-9-3-2-7(6-8(9)11)14-10-12-4-5-13-10/h2-6H,1H3,(H2,12,13,14). The molecule has 0 aliphatic rings. The van der Waals surface area contributed by atoms with Crippen LogP contribution >= 0.6 is 0 Å². The van der Waals surface area contributed by atoms with Crippen molar-refractivity contribution in [1.82, 2.24) is 9.97 Å². The molecule has 1 heterocycles. The van der Waals surface area contributed by atoms with Gasteiger partial charge in [-0.15, -0.1) is 0 Å². The first-order valence-corrected chi connectivity index (χ1v) is 4.39. The molecule has 0 aliphatic carbocycles. The summed E-state index contributed by atoms with van der Waals surface area (Å²) < 4.78 is 18.1. The van der Waals surface area contributed by atoms with E-state index in [0.29, 0.717) is 11.6 Å². The van der Waals surface area contributed by atoms with Gasteiger partial charge >= 0.3 is 0 Å². The van der Waals surface area contributed by atoms with Gasteiger partial charge in [-0.1, -0.05) is 0 Å². The Labute approximate surface area is 86.1 Å². The Hall–Kier alpha value is -2.04. The number of aromatic nitrogens is 2. The van der Waals surface area contributed by atoms with Gasteiger partial charge in [0, 0.05) is 24.1 Å². The Kier molecular flexibility index (Phi) is 2.53. The van der Waals surface area contributed by atoms with Crippen molar-refractivity contribution in [3.05, 3.63) is 36.4 Å².